The lowest BCUT2D eigenvalue weighted by Crippen LogP contribution is -2.58. The van der Waals surface area contributed by atoms with E-state index in [1.54, 1.807) is 6.20 Å². The summed E-state index contributed by atoms with van der Waals surface area (Å²) in [6, 6.07) is 0. The minimum Gasteiger partial charge on any atom is -0.394 e. The maximum absolute atomic E-state index is 9.91. The van der Waals surface area contributed by atoms with Crippen molar-refractivity contribution >= 4 is 0 Å². The summed E-state index contributed by atoms with van der Waals surface area (Å²) in [4.78, 5) is 0. The van der Waals surface area contributed by atoms with E-state index < -0.39 is 30.6 Å². The maximum Gasteiger partial charge on any atom is 0.181 e. The summed E-state index contributed by atoms with van der Waals surface area (Å²) in [5.41, 5.74) is 0.728. The van der Waals surface area contributed by atoms with Crippen LogP contribution in [0.5, 0.6) is 0 Å². The molecule has 0 radical (unpaired) electrons. The fourth-order valence-corrected chi connectivity index (χ4v) is 2.21. The van der Waals surface area contributed by atoms with Crippen LogP contribution in [0.3, 0.4) is 0 Å². The number of aliphatic hydroxyl groups excluding tert-OH is 3. The average Bonchev–Trinajstić information content (AvgIpc) is 2.81. The minimum atomic E-state index is -1.17. The second kappa shape index (κ2) is 4.00. The van der Waals surface area contributed by atoms with Gasteiger partial charge in [0.1, 0.15) is 24.4 Å². The Balaban J connectivity index is 1.93. The van der Waals surface area contributed by atoms with Gasteiger partial charge >= 0.3 is 0 Å². The van der Waals surface area contributed by atoms with Crippen LogP contribution in [-0.4, -0.2) is 61.3 Å². The molecule has 1 aromatic heterocycles. The Morgan fingerprint density at radius 3 is 3.00 bits per heavy atom. The highest BCUT2D eigenvalue weighted by atomic mass is 16.6. The summed E-state index contributed by atoms with van der Waals surface area (Å²) in [7, 11) is 0. The van der Waals surface area contributed by atoms with Gasteiger partial charge in [-0.05, 0) is 0 Å². The number of nitrogens with zero attached hydrogens (tertiary/aromatic N) is 3. The highest BCUT2D eigenvalue weighted by Gasteiger charge is 2.48. The Morgan fingerprint density at radius 1 is 1.41 bits per heavy atom. The van der Waals surface area contributed by atoms with Crippen LogP contribution in [0.25, 0.3) is 0 Å². The van der Waals surface area contributed by atoms with Crippen molar-refractivity contribution in [3.8, 4) is 0 Å². The molecule has 17 heavy (non-hydrogen) atoms. The third-order valence-electron chi connectivity index (χ3n) is 3.16. The third kappa shape index (κ3) is 1.57. The predicted octanol–water partition coefficient (Wildman–Crippen LogP) is -2.21. The van der Waals surface area contributed by atoms with Crippen molar-refractivity contribution in [3.63, 3.8) is 0 Å². The number of aromatic nitrogens is 3. The van der Waals surface area contributed by atoms with Gasteiger partial charge in [-0.3, -0.25) is 0 Å². The van der Waals surface area contributed by atoms with Gasteiger partial charge in [0.25, 0.3) is 0 Å². The van der Waals surface area contributed by atoms with Gasteiger partial charge in [-0.25, -0.2) is 4.68 Å². The molecule has 1 saturated heterocycles. The smallest absolute Gasteiger partial charge is 0.181 e. The Morgan fingerprint density at radius 2 is 2.24 bits per heavy atom. The normalized spacial score (nSPS) is 40.8. The van der Waals surface area contributed by atoms with E-state index in [0.717, 1.165) is 5.69 Å². The quantitative estimate of drug-likeness (QED) is 0.513. The van der Waals surface area contributed by atoms with E-state index in [2.05, 4.69) is 10.3 Å². The molecule has 0 aliphatic carbocycles. The maximum atomic E-state index is 9.91. The summed E-state index contributed by atoms with van der Waals surface area (Å²) in [5.74, 6) is 0. The predicted molar refractivity (Wildman–Crippen MR) is 51.6 cm³/mol. The van der Waals surface area contributed by atoms with Crippen LogP contribution in [0.1, 0.15) is 11.9 Å². The van der Waals surface area contributed by atoms with Gasteiger partial charge in [0, 0.05) is 0 Å². The largest absolute Gasteiger partial charge is 0.394 e. The number of aliphatic hydroxyl groups is 3. The molecule has 1 fully saturated rings. The third-order valence-corrected chi connectivity index (χ3v) is 3.16. The Labute approximate surface area is 96.4 Å². The van der Waals surface area contributed by atoms with Gasteiger partial charge < -0.3 is 24.8 Å². The first-order valence-electron chi connectivity index (χ1n) is 5.35. The van der Waals surface area contributed by atoms with Crippen molar-refractivity contribution in [2.45, 2.75) is 37.3 Å². The molecule has 8 heteroatoms. The highest BCUT2D eigenvalue weighted by molar-refractivity contribution is 5.01. The highest BCUT2D eigenvalue weighted by Crippen LogP contribution is 2.34. The number of hydrogen-bond donors (Lipinski definition) is 3. The molecule has 3 N–H and O–H groups in total. The molecule has 0 amide bonds. The number of rotatable bonds is 1. The molecule has 0 unspecified atom stereocenters. The number of hydrogen-bond acceptors (Lipinski definition) is 7. The van der Waals surface area contributed by atoms with Gasteiger partial charge in [0.15, 0.2) is 6.23 Å². The Hall–Kier alpha value is -1.06. The van der Waals surface area contributed by atoms with Crippen molar-refractivity contribution in [2.75, 3.05) is 6.61 Å². The van der Waals surface area contributed by atoms with Crippen LogP contribution < -0.4 is 0 Å². The molecular formula is C9H13N3O5. The van der Waals surface area contributed by atoms with Gasteiger partial charge in [-0.2, -0.15) is 0 Å². The first-order valence-corrected chi connectivity index (χ1v) is 5.35. The molecule has 94 valence electrons. The van der Waals surface area contributed by atoms with Crippen LogP contribution in [0.2, 0.25) is 0 Å². The first-order chi connectivity index (χ1) is 8.22. The molecule has 2 aliphatic heterocycles. The van der Waals surface area contributed by atoms with Crippen LogP contribution in [0.15, 0.2) is 6.20 Å². The summed E-state index contributed by atoms with van der Waals surface area (Å²) in [6.07, 6.45) is -2.98. The molecule has 0 saturated carbocycles. The zero-order valence-electron chi connectivity index (χ0n) is 8.88. The first kappa shape index (κ1) is 11.1. The average molecular weight is 243 g/mol. The van der Waals surface area contributed by atoms with E-state index in [1.807, 2.05) is 0 Å². The second-order valence-corrected chi connectivity index (χ2v) is 4.17. The van der Waals surface area contributed by atoms with Crippen molar-refractivity contribution < 1.29 is 24.8 Å². The lowest BCUT2D eigenvalue weighted by Gasteiger charge is -2.44. The summed E-state index contributed by atoms with van der Waals surface area (Å²) >= 11 is 0. The fourth-order valence-electron chi connectivity index (χ4n) is 2.21. The van der Waals surface area contributed by atoms with E-state index in [-0.39, 0.29) is 13.2 Å². The van der Waals surface area contributed by atoms with E-state index in [1.165, 1.54) is 4.68 Å². The van der Waals surface area contributed by atoms with Crippen molar-refractivity contribution in [3.05, 3.63) is 11.9 Å². The number of fused-ring (bicyclic) bond motifs is 3. The molecular weight excluding hydrogens is 230 g/mol. The van der Waals surface area contributed by atoms with Gasteiger partial charge in [-0.15, -0.1) is 5.10 Å². The summed E-state index contributed by atoms with van der Waals surface area (Å²) < 4.78 is 12.4. The molecule has 3 rings (SSSR count). The Bertz CT molecular complexity index is 411. The van der Waals surface area contributed by atoms with E-state index in [0.29, 0.717) is 0 Å². The summed E-state index contributed by atoms with van der Waals surface area (Å²) in [6.45, 7) is -0.128. The zero-order chi connectivity index (χ0) is 12.0. The van der Waals surface area contributed by atoms with Gasteiger partial charge in [0.2, 0.25) is 0 Å². The molecule has 3 heterocycles. The standard InChI is InChI=1S/C9H13N3O5/c13-2-5-6(14)7(15)8-9(17-5)12-4(3-16-8)1-10-11-12/h1,5-9,13-15H,2-3H2/t5-,6-,7+,8-,9-/m1/s1. The van der Waals surface area contributed by atoms with Crippen LogP contribution >= 0.6 is 0 Å². The van der Waals surface area contributed by atoms with E-state index >= 15 is 0 Å². The fraction of sp³-hybridized carbons (Fsp3) is 0.778. The second-order valence-electron chi connectivity index (χ2n) is 4.17. The lowest BCUT2D eigenvalue weighted by atomic mass is 9.97. The van der Waals surface area contributed by atoms with Crippen LogP contribution in [0.4, 0.5) is 0 Å². The molecule has 1 aromatic rings. The zero-order valence-corrected chi connectivity index (χ0v) is 8.88. The van der Waals surface area contributed by atoms with E-state index in [9.17, 15) is 10.2 Å². The minimum absolute atomic E-state index is 0.255. The van der Waals surface area contributed by atoms with Crippen LogP contribution in [-0.2, 0) is 16.1 Å². The van der Waals surface area contributed by atoms with Gasteiger partial charge in [0.05, 0.1) is 25.1 Å². The number of ether oxygens (including phenoxy) is 2. The summed E-state index contributed by atoms with van der Waals surface area (Å²) in [5, 5.41) is 36.3. The SMILES string of the molecule is OC[C@H]1O[C@@H]2[C@H](OCc3cnnn32)[C@@H](O)[C@@H]1O. The van der Waals surface area contributed by atoms with E-state index in [4.69, 9.17) is 14.6 Å². The molecule has 0 spiro atoms. The van der Waals surface area contributed by atoms with Crippen molar-refractivity contribution in [1.82, 2.24) is 15.0 Å². The van der Waals surface area contributed by atoms with Gasteiger partial charge in [-0.1, -0.05) is 5.21 Å². The van der Waals surface area contributed by atoms with Crippen molar-refractivity contribution in [2.24, 2.45) is 0 Å². The molecule has 0 bridgehead atoms. The lowest BCUT2D eigenvalue weighted by molar-refractivity contribution is -0.278. The monoisotopic (exact) mass is 243 g/mol. The van der Waals surface area contributed by atoms with Crippen molar-refractivity contribution in [1.29, 1.82) is 0 Å². The molecule has 5 atom stereocenters. The molecule has 8 nitrogen and oxygen atoms in total. The molecule has 0 aromatic carbocycles. The Kier molecular flexibility index (Phi) is 2.60. The molecule has 2 aliphatic rings. The topological polar surface area (TPSA) is 110 Å². The van der Waals surface area contributed by atoms with Crippen LogP contribution in [0, 0.1) is 0 Å².